The Morgan fingerprint density at radius 1 is 0.905 bits per heavy atom. The highest BCUT2D eigenvalue weighted by Gasteiger charge is 2.33. The topological polar surface area (TPSA) is 121 Å². The predicted octanol–water partition coefficient (Wildman–Crippen LogP) is 3.53. The number of carbonyl (C=O) groups excluding carboxylic acids is 3. The van der Waals surface area contributed by atoms with E-state index in [0.717, 1.165) is 93.9 Å². The number of aryl methyl sites for hydroxylation is 2. The van der Waals surface area contributed by atoms with E-state index in [-0.39, 0.29) is 47.5 Å². The van der Waals surface area contributed by atoms with Crippen molar-refractivity contribution in [2.45, 2.75) is 109 Å². The largest absolute Gasteiger partial charge is 0.348 e. The molecule has 3 atom stereocenters. The fourth-order valence-corrected chi connectivity index (χ4v) is 6.91. The maximum atomic E-state index is 13.8. The molecule has 0 aliphatic heterocycles. The molecule has 9 nitrogen and oxygen atoms in total. The fraction of sp³-hybridized carbons (Fsp3) is 0.576. The van der Waals surface area contributed by atoms with E-state index < -0.39 is 12.1 Å². The molecular formula is C33H45N5O4. The van der Waals surface area contributed by atoms with E-state index in [0.29, 0.717) is 0 Å². The molecule has 1 saturated carbocycles. The van der Waals surface area contributed by atoms with Gasteiger partial charge < -0.3 is 25.8 Å². The monoisotopic (exact) mass is 575 g/mol. The molecule has 226 valence electrons. The lowest BCUT2D eigenvalue weighted by molar-refractivity contribution is -0.128. The number of anilines is 1. The number of nitrogens with zero attached hydrogens (tertiary/aromatic N) is 1. The summed E-state index contributed by atoms with van der Waals surface area (Å²) in [7, 11) is 1.71. The second-order valence-corrected chi connectivity index (χ2v) is 12.2. The van der Waals surface area contributed by atoms with Crippen LogP contribution in [-0.2, 0) is 40.2 Å². The molecule has 3 aliphatic rings. The number of nitrogens with one attached hydrogen (secondary N) is 4. The van der Waals surface area contributed by atoms with Gasteiger partial charge in [-0.3, -0.25) is 19.2 Å². The SMILES string of the molecule is CN[C@@H](C)C(=O)N[C@H](C(=O)Nc1cc2c(n(CC(=O)N[C@@H]3CCCc4ccccc43)c1=O)CCCC2)C1CCCCC1. The van der Waals surface area contributed by atoms with E-state index in [9.17, 15) is 19.2 Å². The van der Waals surface area contributed by atoms with Crippen LogP contribution >= 0.6 is 0 Å². The Balaban J connectivity index is 1.38. The number of hydrogen-bond acceptors (Lipinski definition) is 5. The fourth-order valence-electron chi connectivity index (χ4n) is 6.91. The van der Waals surface area contributed by atoms with Gasteiger partial charge in [-0.1, -0.05) is 43.5 Å². The first-order valence-electron chi connectivity index (χ1n) is 15.8. The minimum Gasteiger partial charge on any atom is -0.348 e. The van der Waals surface area contributed by atoms with Gasteiger partial charge in [-0.15, -0.1) is 0 Å². The number of amides is 3. The number of fused-ring (bicyclic) bond motifs is 2. The zero-order valence-electron chi connectivity index (χ0n) is 25.0. The summed E-state index contributed by atoms with van der Waals surface area (Å²) in [5.41, 5.74) is 4.08. The first-order valence-corrected chi connectivity index (χ1v) is 15.8. The van der Waals surface area contributed by atoms with Gasteiger partial charge in [-0.25, -0.2) is 0 Å². The minimum absolute atomic E-state index is 0.00996. The quantitative estimate of drug-likeness (QED) is 0.365. The minimum atomic E-state index is -0.729. The molecule has 0 spiro atoms. The number of hydrogen-bond donors (Lipinski definition) is 4. The zero-order chi connectivity index (χ0) is 29.6. The second kappa shape index (κ2) is 13.7. The van der Waals surface area contributed by atoms with E-state index in [1.807, 2.05) is 12.1 Å². The molecule has 1 heterocycles. The van der Waals surface area contributed by atoms with Gasteiger partial charge in [0.1, 0.15) is 18.3 Å². The van der Waals surface area contributed by atoms with Crippen molar-refractivity contribution in [1.29, 1.82) is 0 Å². The molecule has 0 bridgehead atoms. The van der Waals surface area contributed by atoms with Crippen molar-refractivity contribution in [3.05, 3.63) is 63.1 Å². The van der Waals surface area contributed by atoms with Crippen LogP contribution in [0.15, 0.2) is 35.1 Å². The van der Waals surface area contributed by atoms with Crippen molar-refractivity contribution in [3.8, 4) is 0 Å². The zero-order valence-corrected chi connectivity index (χ0v) is 25.0. The van der Waals surface area contributed by atoms with Crippen LogP contribution in [0.4, 0.5) is 5.69 Å². The molecule has 1 fully saturated rings. The second-order valence-electron chi connectivity index (χ2n) is 12.2. The molecule has 2 aromatic rings. The molecule has 1 aromatic heterocycles. The Labute approximate surface area is 248 Å². The molecule has 3 amide bonds. The molecular weight excluding hydrogens is 530 g/mol. The van der Waals surface area contributed by atoms with Gasteiger partial charge in [0, 0.05) is 5.69 Å². The summed E-state index contributed by atoms with van der Waals surface area (Å²) in [6.07, 6.45) is 11.2. The van der Waals surface area contributed by atoms with Gasteiger partial charge in [0.2, 0.25) is 17.7 Å². The summed E-state index contributed by atoms with van der Waals surface area (Å²) < 4.78 is 1.56. The molecule has 0 unspecified atom stereocenters. The van der Waals surface area contributed by atoms with Crippen molar-refractivity contribution in [2.75, 3.05) is 12.4 Å². The average Bonchev–Trinajstić information content (AvgIpc) is 3.01. The van der Waals surface area contributed by atoms with Gasteiger partial charge in [0.15, 0.2) is 0 Å². The molecule has 5 rings (SSSR count). The molecule has 0 radical (unpaired) electrons. The third-order valence-corrected chi connectivity index (χ3v) is 9.39. The van der Waals surface area contributed by atoms with Crippen LogP contribution in [0.3, 0.4) is 0 Å². The van der Waals surface area contributed by atoms with Crippen LogP contribution in [-0.4, -0.2) is 41.4 Å². The molecule has 0 saturated heterocycles. The lowest BCUT2D eigenvalue weighted by Gasteiger charge is -2.31. The number of likely N-dealkylation sites (N-methyl/N-ethyl adjacent to an activating group) is 1. The van der Waals surface area contributed by atoms with Gasteiger partial charge in [-0.2, -0.15) is 0 Å². The molecule has 42 heavy (non-hydrogen) atoms. The van der Waals surface area contributed by atoms with Gasteiger partial charge in [-0.05, 0) is 100 Å². The van der Waals surface area contributed by atoms with Gasteiger partial charge in [0.25, 0.3) is 5.56 Å². The Morgan fingerprint density at radius 3 is 2.43 bits per heavy atom. The van der Waals surface area contributed by atoms with Crippen LogP contribution in [0.5, 0.6) is 0 Å². The molecule has 1 aromatic carbocycles. The average molecular weight is 576 g/mol. The lowest BCUT2D eigenvalue weighted by Crippen LogP contribution is -2.53. The van der Waals surface area contributed by atoms with E-state index in [4.69, 9.17) is 0 Å². The summed E-state index contributed by atoms with van der Waals surface area (Å²) >= 11 is 0. The highest BCUT2D eigenvalue weighted by molar-refractivity contribution is 5.98. The summed E-state index contributed by atoms with van der Waals surface area (Å²) in [6, 6.07) is 8.75. The Kier molecular flexibility index (Phi) is 9.77. The standard InChI is InChI=1S/C33H45N5O4/c1-21(34-2)31(40)37-30(23-12-4-3-5-13-23)32(41)36-27-19-24-14-7-9-18-28(24)38(33(27)42)20-29(39)35-26-17-10-15-22-11-6-8-16-25(22)26/h6,8,11,16,19,21,23,26,30,34H,3-5,7,9-10,12-15,17-18,20H2,1-2H3,(H,35,39)(H,36,41)(H,37,40)/t21-,26+,30-/m0/s1. The van der Waals surface area contributed by atoms with Crippen LogP contribution in [0, 0.1) is 5.92 Å². The van der Waals surface area contributed by atoms with Crippen LogP contribution in [0.2, 0.25) is 0 Å². The third kappa shape index (κ3) is 6.77. The van der Waals surface area contributed by atoms with Crippen LogP contribution in [0.25, 0.3) is 0 Å². The summed E-state index contributed by atoms with van der Waals surface area (Å²) in [5, 5.41) is 11.9. The number of benzene rings is 1. The Bertz CT molecular complexity index is 1360. The van der Waals surface area contributed by atoms with Crippen molar-refractivity contribution in [2.24, 2.45) is 5.92 Å². The summed E-state index contributed by atoms with van der Waals surface area (Å²) in [5.74, 6) is -0.813. The lowest BCUT2D eigenvalue weighted by atomic mass is 9.83. The Morgan fingerprint density at radius 2 is 1.64 bits per heavy atom. The normalized spacial score (nSPS) is 20.0. The first-order chi connectivity index (χ1) is 20.4. The molecule has 4 N–H and O–H groups in total. The highest BCUT2D eigenvalue weighted by Crippen LogP contribution is 2.30. The van der Waals surface area contributed by atoms with Gasteiger partial charge >= 0.3 is 0 Å². The maximum Gasteiger partial charge on any atom is 0.275 e. The number of aromatic nitrogens is 1. The highest BCUT2D eigenvalue weighted by atomic mass is 16.2. The number of rotatable bonds is 9. The van der Waals surface area contributed by atoms with Crippen LogP contribution in [0.1, 0.15) is 93.1 Å². The summed E-state index contributed by atoms with van der Waals surface area (Å²) in [4.78, 5) is 53.7. The maximum absolute atomic E-state index is 13.8. The van der Waals surface area contributed by atoms with Crippen LogP contribution < -0.4 is 26.8 Å². The predicted molar refractivity (Wildman–Crippen MR) is 163 cm³/mol. The summed E-state index contributed by atoms with van der Waals surface area (Å²) in [6.45, 7) is 1.66. The third-order valence-electron chi connectivity index (χ3n) is 9.39. The van der Waals surface area contributed by atoms with E-state index in [1.165, 1.54) is 5.56 Å². The van der Waals surface area contributed by atoms with E-state index >= 15 is 0 Å². The van der Waals surface area contributed by atoms with E-state index in [1.54, 1.807) is 24.6 Å². The van der Waals surface area contributed by atoms with Crippen molar-refractivity contribution in [1.82, 2.24) is 20.5 Å². The number of carbonyl (C=O) groups is 3. The number of pyridine rings is 1. The first kappa shape index (κ1) is 30.0. The van der Waals surface area contributed by atoms with Crippen molar-refractivity contribution in [3.63, 3.8) is 0 Å². The smallest absolute Gasteiger partial charge is 0.275 e. The van der Waals surface area contributed by atoms with Crippen molar-refractivity contribution >= 4 is 23.4 Å². The van der Waals surface area contributed by atoms with Crippen molar-refractivity contribution < 1.29 is 14.4 Å². The van der Waals surface area contributed by atoms with E-state index in [2.05, 4.69) is 33.4 Å². The molecule has 9 heteroatoms. The molecule has 3 aliphatic carbocycles. The Hall–Kier alpha value is -3.46. The van der Waals surface area contributed by atoms with Gasteiger partial charge in [0.05, 0.1) is 12.1 Å².